The number of benzene rings is 1. The second-order valence-corrected chi connectivity index (χ2v) is 6.86. The molecule has 0 bridgehead atoms. The number of aliphatic imine (C=N–C) groups is 1. The molecule has 1 fully saturated rings. The lowest BCUT2D eigenvalue weighted by Gasteiger charge is -2.21. The highest BCUT2D eigenvalue weighted by Crippen LogP contribution is 2.49. The van der Waals surface area contributed by atoms with E-state index in [9.17, 15) is 0 Å². The van der Waals surface area contributed by atoms with Gasteiger partial charge in [-0.25, -0.2) is 0 Å². The Bertz CT molecular complexity index is 517. The Morgan fingerprint density at radius 2 is 2.00 bits per heavy atom. The lowest BCUT2D eigenvalue weighted by atomic mass is 9.96. The number of guanidine groups is 1. The van der Waals surface area contributed by atoms with Crippen molar-refractivity contribution in [1.29, 1.82) is 0 Å². The predicted molar refractivity (Wildman–Crippen MR) is 113 cm³/mol. The molecule has 0 amide bonds. The number of hydrogen-bond donors (Lipinski definition) is 2. The second-order valence-electron chi connectivity index (χ2n) is 6.01. The van der Waals surface area contributed by atoms with E-state index in [1.807, 2.05) is 7.05 Å². The van der Waals surface area contributed by atoms with Crippen LogP contribution in [-0.4, -0.2) is 51.1 Å². The van der Waals surface area contributed by atoms with E-state index in [2.05, 4.69) is 74.7 Å². The summed E-state index contributed by atoms with van der Waals surface area (Å²) in [6.07, 6.45) is 2.47. The topological polar surface area (TPSA) is 39.7 Å². The molecule has 23 heavy (non-hydrogen) atoms. The van der Waals surface area contributed by atoms with Gasteiger partial charge in [0.15, 0.2) is 5.96 Å². The van der Waals surface area contributed by atoms with Crippen LogP contribution >= 0.6 is 39.9 Å². The molecule has 0 radical (unpaired) electrons. The molecular formula is C17H28BrIN4. The third-order valence-corrected chi connectivity index (χ3v) is 5.13. The van der Waals surface area contributed by atoms with Gasteiger partial charge in [0.25, 0.3) is 0 Å². The van der Waals surface area contributed by atoms with Crippen molar-refractivity contribution in [1.82, 2.24) is 15.5 Å². The summed E-state index contributed by atoms with van der Waals surface area (Å²) in [6, 6.07) is 8.55. The molecule has 0 atom stereocenters. The molecule has 1 aliphatic carbocycles. The molecule has 0 saturated heterocycles. The molecule has 0 aromatic heterocycles. The van der Waals surface area contributed by atoms with Gasteiger partial charge in [0.05, 0.1) is 0 Å². The van der Waals surface area contributed by atoms with Gasteiger partial charge in [-0.2, -0.15) is 0 Å². The molecule has 0 spiro atoms. The summed E-state index contributed by atoms with van der Waals surface area (Å²) in [5.41, 5.74) is 1.67. The van der Waals surface area contributed by atoms with Crippen molar-refractivity contribution in [2.75, 3.05) is 40.3 Å². The normalized spacial score (nSPS) is 16.0. The number of nitrogens with zero attached hydrogens (tertiary/aromatic N) is 2. The Labute approximate surface area is 165 Å². The highest BCUT2D eigenvalue weighted by Gasteiger charge is 2.45. The van der Waals surface area contributed by atoms with Gasteiger partial charge >= 0.3 is 0 Å². The van der Waals surface area contributed by atoms with Crippen LogP contribution in [0, 0.1) is 0 Å². The minimum absolute atomic E-state index is 0. The number of likely N-dealkylation sites (N-methyl/N-ethyl adjacent to an activating group) is 1. The van der Waals surface area contributed by atoms with E-state index in [1.54, 1.807) is 0 Å². The first-order valence-corrected chi connectivity index (χ1v) is 8.78. The van der Waals surface area contributed by atoms with Gasteiger partial charge in [-0.05, 0) is 38.1 Å². The van der Waals surface area contributed by atoms with E-state index < -0.39 is 0 Å². The van der Waals surface area contributed by atoms with Gasteiger partial charge in [-0.3, -0.25) is 4.99 Å². The monoisotopic (exact) mass is 494 g/mol. The molecule has 1 saturated carbocycles. The van der Waals surface area contributed by atoms with Crippen molar-refractivity contribution in [3.63, 3.8) is 0 Å². The highest BCUT2D eigenvalue weighted by atomic mass is 127. The fourth-order valence-electron chi connectivity index (χ4n) is 2.58. The Morgan fingerprint density at radius 1 is 1.30 bits per heavy atom. The van der Waals surface area contributed by atoms with E-state index in [0.29, 0.717) is 0 Å². The lowest BCUT2D eigenvalue weighted by Crippen LogP contribution is -2.43. The highest BCUT2D eigenvalue weighted by molar-refractivity contribution is 14.0. The third kappa shape index (κ3) is 5.90. The molecule has 4 nitrogen and oxygen atoms in total. The first-order valence-electron chi connectivity index (χ1n) is 7.99. The molecule has 2 rings (SSSR count). The van der Waals surface area contributed by atoms with Crippen molar-refractivity contribution in [3.05, 3.63) is 34.3 Å². The van der Waals surface area contributed by atoms with Crippen LogP contribution < -0.4 is 10.6 Å². The first-order chi connectivity index (χ1) is 10.6. The van der Waals surface area contributed by atoms with Crippen LogP contribution in [0.3, 0.4) is 0 Å². The van der Waals surface area contributed by atoms with Gasteiger partial charge < -0.3 is 15.5 Å². The molecule has 0 unspecified atom stereocenters. The Morgan fingerprint density at radius 3 is 2.57 bits per heavy atom. The van der Waals surface area contributed by atoms with E-state index in [0.717, 1.165) is 32.1 Å². The molecule has 0 aliphatic heterocycles. The smallest absolute Gasteiger partial charge is 0.191 e. The van der Waals surface area contributed by atoms with Crippen LogP contribution in [0.25, 0.3) is 0 Å². The minimum Gasteiger partial charge on any atom is -0.356 e. The van der Waals surface area contributed by atoms with E-state index >= 15 is 0 Å². The molecule has 6 heteroatoms. The SMILES string of the molecule is CCN(C)CCNC(=NC)NCC1(c2ccccc2Br)CC1.I. The molecule has 1 aliphatic rings. The fourth-order valence-corrected chi connectivity index (χ4v) is 3.29. The molecular weight excluding hydrogens is 467 g/mol. The van der Waals surface area contributed by atoms with Crippen molar-refractivity contribution in [2.45, 2.75) is 25.2 Å². The van der Waals surface area contributed by atoms with Gasteiger partial charge in [0.2, 0.25) is 0 Å². The van der Waals surface area contributed by atoms with Crippen molar-refractivity contribution in [3.8, 4) is 0 Å². The van der Waals surface area contributed by atoms with Gasteiger partial charge in [-0.15, -0.1) is 24.0 Å². The minimum atomic E-state index is 0. The molecule has 2 N–H and O–H groups in total. The maximum absolute atomic E-state index is 4.32. The average molecular weight is 495 g/mol. The number of nitrogens with one attached hydrogen (secondary N) is 2. The first kappa shape index (κ1) is 20.7. The van der Waals surface area contributed by atoms with Crippen molar-refractivity contribution in [2.24, 2.45) is 4.99 Å². The lowest BCUT2D eigenvalue weighted by molar-refractivity contribution is 0.357. The number of rotatable bonds is 7. The third-order valence-electron chi connectivity index (χ3n) is 4.44. The molecule has 130 valence electrons. The Hall–Kier alpha value is -0.340. The number of hydrogen-bond acceptors (Lipinski definition) is 2. The Kier molecular flexibility index (Phi) is 8.85. The standard InChI is InChI=1S/C17H27BrN4.HI/c1-4-22(3)12-11-20-16(19-2)21-13-17(9-10-17)14-7-5-6-8-15(14)18;/h5-8H,4,9-13H2,1-3H3,(H2,19,20,21);1H. The van der Waals surface area contributed by atoms with Crippen LogP contribution in [0.5, 0.6) is 0 Å². The van der Waals surface area contributed by atoms with E-state index in [4.69, 9.17) is 0 Å². The maximum Gasteiger partial charge on any atom is 0.191 e. The zero-order valence-electron chi connectivity index (χ0n) is 14.2. The summed E-state index contributed by atoms with van der Waals surface area (Å²) in [4.78, 5) is 6.60. The summed E-state index contributed by atoms with van der Waals surface area (Å²) < 4.78 is 1.21. The zero-order chi connectivity index (χ0) is 16.0. The predicted octanol–water partition coefficient (Wildman–Crippen LogP) is 3.22. The molecule has 1 aromatic carbocycles. The van der Waals surface area contributed by atoms with Crippen molar-refractivity contribution < 1.29 is 0 Å². The summed E-state index contributed by atoms with van der Waals surface area (Å²) in [5, 5.41) is 6.88. The quantitative estimate of drug-likeness (QED) is 0.347. The van der Waals surface area contributed by atoms with Gasteiger partial charge in [-0.1, -0.05) is 41.1 Å². The van der Waals surface area contributed by atoms with Gasteiger partial charge in [0.1, 0.15) is 0 Å². The van der Waals surface area contributed by atoms with Crippen LogP contribution in [0.4, 0.5) is 0 Å². The second kappa shape index (κ2) is 9.84. The Balaban J connectivity index is 0.00000264. The van der Waals surface area contributed by atoms with Crippen LogP contribution in [0.15, 0.2) is 33.7 Å². The van der Waals surface area contributed by atoms with Crippen LogP contribution in [-0.2, 0) is 5.41 Å². The summed E-state index contributed by atoms with van der Waals surface area (Å²) in [5.74, 6) is 0.892. The van der Waals surface area contributed by atoms with E-state index in [-0.39, 0.29) is 29.4 Å². The van der Waals surface area contributed by atoms with Gasteiger partial charge in [0, 0.05) is 36.6 Å². The largest absolute Gasteiger partial charge is 0.356 e. The number of halogens is 2. The fraction of sp³-hybridized carbons (Fsp3) is 0.588. The molecule has 1 aromatic rings. The average Bonchev–Trinajstić information content (AvgIpc) is 3.31. The zero-order valence-corrected chi connectivity index (χ0v) is 18.1. The summed E-state index contributed by atoms with van der Waals surface area (Å²) in [7, 11) is 3.96. The van der Waals surface area contributed by atoms with Crippen LogP contribution in [0.2, 0.25) is 0 Å². The van der Waals surface area contributed by atoms with Crippen molar-refractivity contribution >= 4 is 45.9 Å². The maximum atomic E-state index is 4.32. The summed E-state index contributed by atoms with van der Waals surface area (Å²) >= 11 is 3.68. The van der Waals surface area contributed by atoms with Crippen LogP contribution in [0.1, 0.15) is 25.3 Å². The van der Waals surface area contributed by atoms with E-state index in [1.165, 1.54) is 22.9 Å². The molecule has 0 heterocycles. The summed E-state index contributed by atoms with van der Waals surface area (Å²) in [6.45, 7) is 6.10.